The highest BCUT2D eigenvalue weighted by Crippen LogP contribution is 2.28. The number of hydrogen-bond donors (Lipinski definition) is 1. The molecule has 27 heavy (non-hydrogen) atoms. The number of nitrogens with zero attached hydrogens (tertiary/aromatic N) is 2. The molecule has 0 aliphatic rings. The van der Waals surface area contributed by atoms with Gasteiger partial charge in [0.25, 0.3) is 0 Å². The third-order valence-corrected chi connectivity index (χ3v) is 4.71. The van der Waals surface area contributed by atoms with Gasteiger partial charge in [-0.25, -0.2) is 4.68 Å². The van der Waals surface area contributed by atoms with Crippen molar-refractivity contribution < 1.29 is 9.53 Å². The number of carbonyl (C=O) groups is 1. The smallest absolute Gasteiger partial charge is 0.224 e. The zero-order valence-electron chi connectivity index (χ0n) is 15.6. The molecule has 0 atom stereocenters. The summed E-state index contributed by atoms with van der Waals surface area (Å²) in [4.78, 5) is 12.4. The second kappa shape index (κ2) is 8.27. The third kappa shape index (κ3) is 4.31. The average Bonchev–Trinajstić information content (AvgIpc) is 2.95. The summed E-state index contributed by atoms with van der Waals surface area (Å²) in [6.45, 7) is 4.00. The Kier molecular flexibility index (Phi) is 5.81. The number of aryl methyl sites for hydroxylation is 1. The van der Waals surface area contributed by atoms with Crippen molar-refractivity contribution in [2.75, 3.05) is 12.4 Å². The van der Waals surface area contributed by atoms with Gasteiger partial charge in [0.2, 0.25) is 5.91 Å². The Bertz CT molecular complexity index is 952. The van der Waals surface area contributed by atoms with E-state index in [4.69, 9.17) is 16.3 Å². The normalized spacial score (nSPS) is 10.7. The second-order valence-corrected chi connectivity index (χ2v) is 6.73. The summed E-state index contributed by atoms with van der Waals surface area (Å²) in [7, 11) is 1.56. The molecular weight excluding hydrogens is 362 g/mol. The molecule has 1 heterocycles. The van der Waals surface area contributed by atoms with Crippen molar-refractivity contribution >= 4 is 23.2 Å². The molecule has 2 aromatic carbocycles. The first-order valence-corrected chi connectivity index (χ1v) is 9.11. The molecule has 3 aromatic rings. The van der Waals surface area contributed by atoms with E-state index in [1.165, 1.54) is 0 Å². The number of aromatic nitrogens is 2. The van der Waals surface area contributed by atoms with E-state index in [2.05, 4.69) is 10.4 Å². The van der Waals surface area contributed by atoms with Crippen LogP contribution in [0.25, 0.3) is 5.69 Å². The first-order valence-electron chi connectivity index (χ1n) is 8.73. The van der Waals surface area contributed by atoms with E-state index in [1.807, 2.05) is 48.9 Å². The molecule has 0 unspecified atom stereocenters. The van der Waals surface area contributed by atoms with E-state index >= 15 is 0 Å². The number of ether oxygens (including phenoxy) is 1. The summed E-state index contributed by atoms with van der Waals surface area (Å²) in [6.07, 6.45) is 0.955. The van der Waals surface area contributed by atoms with Crippen molar-refractivity contribution in [2.24, 2.45) is 0 Å². The van der Waals surface area contributed by atoms with Gasteiger partial charge >= 0.3 is 0 Å². The number of nitrogens with one attached hydrogen (secondary N) is 1. The maximum atomic E-state index is 12.4. The number of anilines is 1. The Balaban J connectivity index is 1.71. The topological polar surface area (TPSA) is 56.1 Å². The molecule has 1 aromatic heterocycles. The maximum absolute atomic E-state index is 12.4. The van der Waals surface area contributed by atoms with Crippen molar-refractivity contribution in [1.29, 1.82) is 0 Å². The monoisotopic (exact) mass is 383 g/mol. The summed E-state index contributed by atoms with van der Waals surface area (Å²) in [6, 6.07) is 15.1. The zero-order valence-corrected chi connectivity index (χ0v) is 16.4. The third-order valence-electron chi connectivity index (χ3n) is 4.48. The van der Waals surface area contributed by atoms with Gasteiger partial charge in [0.15, 0.2) is 0 Å². The summed E-state index contributed by atoms with van der Waals surface area (Å²) in [5.74, 6) is 0.485. The Hall–Kier alpha value is -2.79. The Labute approximate surface area is 163 Å². The summed E-state index contributed by atoms with van der Waals surface area (Å²) in [5.41, 5.74) is 4.66. The molecule has 1 amide bonds. The van der Waals surface area contributed by atoms with Crippen molar-refractivity contribution in [3.63, 3.8) is 0 Å². The molecule has 0 saturated heterocycles. The van der Waals surface area contributed by atoms with Gasteiger partial charge in [-0.15, -0.1) is 0 Å². The van der Waals surface area contributed by atoms with Crippen LogP contribution >= 0.6 is 11.6 Å². The SMILES string of the molecule is COc1ccc(Cl)cc1NC(=O)CCc1c(C)nn(-c2ccccc2)c1C. The highest BCUT2D eigenvalue weighted by atomic mass is 35.5. The molecule has 0 saturated carbocycles. The summed E-state index contributed by atoms with van der Waals surface area (Å²) >= 11 is 6.01. The van der Waals surface area contributed by atoms with E-state index in [0.29, 0.717) is 29.3 Å². The van der Waals surface area contributed by atoms with Gasteiger partial charge in [-0.1, -0.05) is 29.8 Å². The number of hydrogen-bond acceptors (Lipinski definition) is 3. The fourth-order valence-corrected chi connectivity index (χ4v) is 3.26. The van der Waals surface area contributed by atoms with E-state index in [-0.39, 0.29) is 5.91 Å². The van der Waals surface area contributed by atoms with E-state index < -0.39 is 0 Å². The molecule has 0 aliphatic heterocycles. The first-order chi connectivity index (χ1) is 13.0. The number of methoxy groups -OCH3 is 1. The van der Waals surface area contributed by atoms with Crippen molar-refractivity contribution in [3.05, 3.63) is 70.5 Å². The average molecular weight is 384 g/mol. The van der Waals surface area contributed by atoms with E-state index in [0.717, 1.165) is 22.6 Å². The van der Waals surface area contributed by atoms with Crippen LogP contribution in [-0.4, -0.2) is 22.8 Å². The van der Waals surface area contributed by atoms with Crippen molar-refractivity contribution in [2.45, 2.75) is 26.7 Å². The van der Waals surface area contributed by atoms with E-state index in [1.54, 1.807) is 25.3 Å². The quantitative estimate of drug-likeness (QED) is 0.669. The predicted octanol–water partition coefficient (Wildman–Crippen LogP) is 4.72. The van der Waals surface area contributed by atoms with E-state index in [9.17, 15) is 4.79 Å². The lowest BCUT2D eigenvalue weighted by atomic mass is 10.1. The highest BCUT2D eigenvalue weighted by molar-refractivity contribution is 6.31. The molecule has 6 heteroatoms. The Morgan fingerprint density at radius 3 is 2.63 bits per heavy atom. The number of amides is 1. The maximum Gasteiger partial charge on any atom is 0.224 e. The molecule has 0 aliphatic carbocycles. The molecular formula is C21H22ClN3O2. The van der Waals surface area contributed by atoms with Crippen LogP contribution in [0.3, 0.4) is 0 Å². The first kappa shape index (κ1) is 19.0. The van der Waals surface area contributed by atoms with Crippen LogP contribution in [0.5, 0.6) is 5.75 Å². The molecule has 0 radical (unpaired) electrons. The minimum absolute atomic E-state index is 0.0955. The Morgan fingerprint density at radius 2 is 1.93 bits per heavy atom. The number of benzene rings is 2. The van der Waals surface area contributed by atoms with Crippen molar-refractivity contribution in [1.82, 2.24) is 9.78 Å². The lowest BCUT2D eigenvalue weighted by Crippen LogP contribution is -2.13. The van der Waals surface area contributed by atoms with Gasteiger partial charge in [-0.2, -0.15) is 5.10 Å². The molecule has 0 fully saturated rings. The summed E-state index contributed by atoms with van der Waals surface area (Å²) in [5, 5.41) is 8.05. The molecule has 1 N–H and O–H groups in total. The standard InChI is InChI=1S/C21H22ClN3O2/c1-14-18(15(2)25(24-14)17-7-5-4-6-8-17)10-12-21(26)23-19-13-16(22)9-11-20(19)27-3/h4-9,11,13H,10,12H2,1-3H3,(H,23,26). The van der Waals surface area contributed by atoms with Gasteiger partial charge in [0.05, 0.1) is 24.2 Å². The summed E-state index contributed by atoms with van der Waals surface area (Å²) < 4.78 is 7.19. The minimum Gasteiger partial charge on any atom is -0.495 e. The largest absolute Gasteiger partial charge is 0.495 e. The van der Waals surface area contributed by atoms with Gasteiger partial charge in [0, 0.05) is 17.1 Å². The van der Waals surface area contributed by atoms with Crippen molar-refractivity contribution in [3.8, 4) is 11.4 Å². The number of rotatable bonds is 6. The van der Waals surface area contributed by atoms with Gasteiger partial charge in [-0.3, -0.25) is 4.79 Å². The number of para-hydroxylation sites is 1. The molecule has 0 spiro atoms. The van der Waals surface area contributed by atoms with Crippen LogP contribution in [0.4, 0.5) is 5.69 Å². The second-order valence-electron chi connectivity index (χ2n) is 6.29. The lowest BCUT2D eigenvalue weighted by Gasteiger charge is -2.10. The fourth-order valence-electron chi connectivity index (χ4n) is 3.09. The van der Waals surface area contributed by atoms with Crippen LogP contribution in [0.2, 0.25) is 5.02 Å². The van der Waals surface area contributed by atoms with Crippen LogP contribution in [-0.2, 0) is 11.2 Å². The number of halogens is 1. The number of carbonyl (C=O) groups excluding carboxylic acids is 1. The van der Waals surface area contributed by atoms with Crippen LogP contribution in [0.15, 0.2) is 48.5 Å². The van der Waals surface area contributed by atoms with Crippen LogP contribution in [0, 0.1) is 13.8 Å². The van der Waals surface area contributed by atoms with Crippen LogP contribution < -0.4 is 10.1 Å². The molecule has 3 rings (SSSR count). The van der Waals surface area contributed by atoms with Gasteiger partial charge in [0.1, 0.15) is 5.75 Å². The lowest BCUT2D eigenvalue weighted by molar-refractivity contribution is -0.116. The Morgan fingerprint density at radius 1 is 1.19 bits per heavy atom. The molecule has 140 valence electrons. The fraction of sp³-hybridized carbons (Fsp3) is 0.238. The zero-order chi connectivity index (χ0) is 19.4. The highest BCUT2D eigenvalue weighted by Gasteiger charge is 2.15. The van der Waals surface area contributed by atoms with Gasteiger partial charge in [-0.05, 0) is 56.2 Å². The van der Waals surface area contributed by atoms with Crippen LogP contribution in [0.1, 0.15) is 23.4 Å². The minimum atomic E-state index is -0.0955. The van der Waals surface area contributed by atoms with Gasteiger partial charge < -0.3 is 10.1 Å². The predicted molar refractivity (Wildman–Crippen MR) is 108 cm³/mol. The molecule has 5 nitrogen and oxygen atoms in total. The molecule has 0 bridgehead atoms.